The molecule has 5 heteroatoms. The Morgan fingerprint density at radius 1 is 1.25 bits per heavy atom. The molecule has 0 spiro atoms. The van der Waals surface area contributed by atoms with Crippen molar-refractivity contribution in [2.24, 2.45) is 0 Å². The molecule has 1 N–H and O–H groups in total. The van der Waals surface area contributed by atoms with E-state index in [1.54, 1.807) is 0 Å². The number of rotatable bonds is 8. The lowest BCUT2D eigenvalue weighted by molar-refractivity contribution is 0.401. The molecule has 0 atom stereocenters. The van der Waals surface area contributed by atoms with E-state index in [9.17, 15) is 0 Å². The summed E-state index contributed by atoms with van der Waals surface area (Å²) in [5, 5.41) is 4.22. The van der Waals surface area contributed by atoms with Crippen LogP contribution < -0.4 is 10.2 Å². The summed E-state index contributed by atoms with van der Waals surface area (Å²) in [6.07, 6.45) is 3.69. The first-order valence-corrected chi connectivity index (χ1v) is 7.68. The zero-order valence-electron chi connectivity index (χ0n) is 12.7. The van der Waals surface area contributed by atoms with Gasteiger partial charge in [0.25, 0.3) is 0 Å². The van der Waals surface area contributed by atoms with Gasteiger partial charge in [0, 0.05) is 26.2 Å². The SMILES string of the molecule is CN(C)CCCN(C)c1ccc(Cl)c(CNC2CC2)n1. The molecule has 2 rings (SSSR count). The van der Waals surface area contributed by atoms with Gasteiger partial charge in [0.1, 0.15) is 5.82 Å². The van der Waals surface area contributed by atoms with Crippen LogP contribution in [0, 0.1) is 0 Å². The van der Waals surface area contributed by atoms with Crippen molar-refractivity contribution < 1.29 is 0 Å². The van der Waals surface area contributed by atoms with Crippen LogP contribution >= 0.6 is 11.6 Å². The second-order valence-electron chi connectivity index (χ2n) is 5.83. The lowest BCUT2D eigenvalue weighted by Gasteiger charge is -2.20. The number of anilines is 1. The highest BCUT2D eigenvalue weighted by Gasteiger charge is 2.20. The van der Waals surface area contributed by atoms with Gasteiger partial charge in [0.05, 0.1) is 10.7 Å². The maximum absolute atomic E-state index is 6.22. The quantitative estimate of drug-likeness (QED) is 0.798. The number of hydrogen-bond acceptors (Lipinski definition) is 4. The zero-order valence-corrected chi connectivity index (χ0v) is 13.5. The van der Waals surface area contributed by atoms with E-state index in [4.69, 9.17) is 11.6 Å². The second-order valence-corrected chi connectivity index (χ2v) is 6.24. The van der Waals surface area contributed by atoms with Crippen LogP contribution in [0.4, 0.5) is 5.82 Å². The van der Waals surface area contributed by atoms with Crippen molar-refractivity contribution >= 4 is 17.4 Å². The Balaban J connectivity index is 1.90. The monoisotopic (exact) mass is 296 g/mol. The molecular weight excluding hydrogens is 272 g/mol. The number of pyridine rings is 1. The highest BCUT2D eigenvalue weighted by molar-refractivity contribution is 6.31. The summed E-state index contributed by atoms with van der Waals surface area (Å²) in [5.74, 6) is 1.00. The van der Waals surface area contributed by atoms with Crippen molar-refractivity contribution in [2.45, 2.75) is 31.8 Å². The van der Waals surface area contributed by atoms with Crippen LogP contribution in [0.5, 0.6) is 0 Å². The minimum absolute atomic E-state index is 0.675. The third kappa shape index (κ3) is 4.93. The van der Waals surface area contributed by atoms with Crippen LogP contribution in [0.25, 0.3) is 0 Å². The molecular formula is C15H25ClN4. The van der Waals surface area contributed by atoms with Crippen molar-refractivity contribution in [1.29, 1.82) is 0 Å². The van der Waals surface area contributed by atoms with Crippen LogP contribution in [-0.2, 0) is 6.54 Å². The van der Waals surface area contributed by atoms with Crippen LogP contribution in [0.15, 0.2) is 12.1 Å². The average molecular weight is 297 g/mol. The molecule has 112 valence electrons. The highest BCUT2D eigenvalue weighted by atomic mass is 35.5. The largest absolute Gasteiger partial charge is 0.360 e. The van der Waals surface area contributed by atoms with Crippen molar-refractivity contribution in [2.75, 3.05) is 39.1 Å². The third-order valence-electron chi connectivity index (χ3n) is 3.53. The Bertz CT molecular complexity index is 432. The van der Waals surface area contributed by atoms with Crippen molar-refractivity contribution in [1.82, 2.24) is 15.2 Å². The standard InChI is InChI=1S/C15H25ClN4/c1-19(2)9-4-10-20(3)15-8-7-13(16)14(18-15)11-17-12-5-6-12/h7-8,12,17H,4-6,9-11H2,1-3H3. The van der Waals surface area contributed by atoms with Gasteiger partial charge < -0.3 is 15.1 Å². The number of aromatic nitrogens is 1. The minimum Gasteiger partial charge on any atom is -0.360 e. The fourth-order valence-electron chi connectivity index (χ4n) is 2.08. The Kier molecular flexibility index (Phi) is 5.64. The highest BCUT2D eigenvalue weighted by Crippen LogP contribution is 2.22. The van der Waals surface area contributed by atoms with Gasteiger partial charge in [-0.2, -0.15) is 0 Å². The van der Waals surface area contributed by atoms with E-state index in [1.807, 2.05) is 12.1 Å². The molecule has 0 unspecified atom stereocenters. The maximum atomic E-state index is 6.22. The third-order valence-corrected chi connectivity index (χ3v) is 3.87. The van der Waals surface area contributed by atoms with Gasteiger partial charge in [-0.25, -0.2) is 4.98 Å². The van der Waals surface area contributed by atoms with Gasteiger partial charge in [-0.3, -0.25) is 0 Å². The molecule has 1 fully saturated rings. The molecule has 1 aliphatic rings. The fraction of sp³-hybridized carbons (Fsp3) is 0.667. The molecule has 4 nitrogen and oxygen atoms in total. The Morgan fingerprint density at radius 2 is 2.00 bits per heavy atom. The summed E-state index contributed by atoms with van der Waals surface area (Å²) in [5.41, 5.74) is 0.954. The molecule has 1 aromatic heterocycles. The summed E-state index contributed by atoms with van der Waals surface area (Å²) in [6.45, 7) is 2.86. The Labute approximate surface area is 127 Å². The summed E-state index contributed by atoms with van der Waals surface area (Å²) in [7, 11) is 6.29. The smallest absolute Gasteiger partial charge is 0.128 e. The molecule has 0 saturated heterocycles. The Morgan fingerprint density at radius 3 is 2.65 bits per heavy atom. The predicted octanol–water partition coefficient (Wildman–Crippen LogP) is 2.37. The van der Waals surface area contributed by atoms with Crippen LogP contribution in [0.3, 0.4) is 0 Å². The van der Waals surface area contributed by atoms with Gasteiger partial charge in [-0.05, 0) is 52.0 Å². The van der Waals surface area contributed by atoms with E-state index in [-0.39, 0.29) is 0 Å². The average Bonchev–Trinajstić information content (AvgIpc) is 3.21. The number of hydrogen-bond donors (Lipinski definition) is 1. The number of nitrogens with one attached hydrogen (secondary N) is 1. The second kappa shape index (κ2) is 7.25. The van der Waals surface area contributed by atoms with Crippen molar-refractivity contribution in [3.05, 3.63) is 22.8 Å². The molecule has 0 amide bonds. The summed E-state index contributed by atoms with van der Waals surface area (Å²) < 4.78 is 0. The molecule has 1 aliphatic carbocycles. The van der Waals surface area contributed by atoms with E-state index in [1.165, 1.54) is 12.8 Å². The summed E-state index contributed by atoms with van der Waals surface area (Å²) in [4.78, 5) is 9.08. The van der Waals surface area contributed by atoms with Gasteiger partial charge >= 0.3 is 0 Å². The van der Waals surface area contributed by atoms with E-state index >= 15 is 0 Å². The summed E-state index contributed by atoms with van der Waals surface area (Å²) in [6, 6.07) is 4.63. The van der Waals surface area contributed by atoms with Crippen molar-refractivity contribution in [3.8, 4) is 0 Å². The number of halogens is 1. The first kappa shape index (κ1) is 15.5. The molecule has 1 aromatic rings. The van der Waals surface area contributed by atoms with E-state index in [0.717, 1.165) is 42.6 Å². The molecule has 20 heavy (non-hydrogen) atoms. The first-order valence-electron chi connectivity index (χ1n) is 7.31. The normalized spacial score (nSPS) is 14.8. The molecule has 0 aromatic carbocycles. The van der Waals surface area contributed by atoms with Crippen LogP contribution in [-0.4, -0.2) is 50.2 Å². The summed E-state index contributed by atoms with van der Waals surface area (Å²) >= 11 is 6.22. The van der Waals surface area contributed by atoms with Gasteiger partial charge in [-0.1, -0.05) is 11.6 Å². The van der Waals surface area contributed by atoms with Crippen molar-refractivity contribution in [3.63, 3.8) is 0 Å². The molecule has 0 radical (unpaired) electrons. The van der Waals surface area contributed by atoms with Crippen LogP contribution in [0.1, 0.15) is 25.0 Å². The van der Waals surface area contributed by atoms with Crippen LogP contribution in [0.2, 0.25) is 5.02 Å². The number of nitrogens with zero attached hydrogens (tertiary/aromatic N) is 3. The first-order chi connectivity index (χ1) is 9.56. The molecule has 1 heterocycles. The molecule has 1 saturated carbocycles. The predicted molar refractivity (Wildman–Crippen MR) is 85.5 cm³/mol. The lowest BCUT2D eigenvalue weighted by atomic mass is 10.3. The maximum Gasteiger partial charge on any atom is 0.128 e. The molecule has 0 aliphatic heterocycles. The van der Waals surface area contributed by atoms with Gasteiger partial charge in [0.2, 0.25) is 0 Å². The zero-order chi connectivity index (χ0) is 14.5. The van der Waals surface area contributed by atoms with E-state index < -0.39 is 0 Å². The lowest BCUT2D eigenvalue weighted by Crippen LogP contribution is -2.24. The van der Waals surface area contributed by atoms with Gasteiger partial charge in [0.15, 0.2) is 0 Å². The molecule has 0 bridgehead atoms. The van der Waals surface area contributed by atoms with E-state index in [0.29, 0.717) is 6.04 Å². The Hall–Kier alpha value is -0.840. The van der Waals surface area contributed by atoms with E-state index in [2.05, 4.69) is 41.2 Å². The topological polar surface area (TPSA) is 31.4 Å². The fourth-order valence-corrected chi connectivity index (χ4v) is 2.25. The van der Waals surface area contributed by atoms with Gasteiger partial charge in [-0.15, -0.1) is 0 Å². The minimum atomic E-state index is 0.675.